The summed E-state index contributed by atoms with van der Waals surface area (Å²) >= 11 is 15.2. The molecule has 3 aromatic rings. The quantitative estimate of drug-likeness (QED) is 0.404. The summed E-state index contributed by atoms with van der Waals surface area (Å²) in [5.74, 6) is 0.698. The Balaban J connectivity index is 1.62. The molecule has 0 aliphatic carbocycles. The van der Waals surface area contributed by atoms with Crippen molar-refractivity contribution in [2.24, 2.45) is 0 Å². The lowest BCUT2D eigenvalue weighted by molar-refractivity contribution is 0.0980. The zero-order chi connectivity index (χ0) is 18.7. The van der Waals surface area contributed by atoms with E-state index in [1.54, 1.807) is 12.3 Å². The molecule has 0 saturated heterocycles. The summed E-state index contributed by atoms with van der Waals surface area (Å²) in [7, 11) is 0. The fourth-order valence-electron chi connectivity index (χ4n) is 2.69. The summed E-state index contributed by atoms with van der Waals surface area (Å²) in [5.41, 5.74) is 1.30. The molecule has 1 amide bonds. The van der Waals surface area contributed by atoms with Crippen molar-refractivity contribution < 1.29 is 4.79 Å². The van der Waals surface area contributed by atoms with Crippen LogP contribution >= 0.6 is 46.5 Å². The van der Waals surface area contributed by atoms with Crippen molar-refractivity contribution in [1.82, 2.24) is 19.0 Å². The molecule has 140 valence electrons. The van der Waals surface area contributed by atoms with Crippen LogP contribution in [0, 0.1) is 0 Å². The van der Waals surface area contributed by atoms with Gasteiger partial charge < -0.3 is 4.90 Å². The summed E-state index contributed by atoms with van der Waals surface area (Å²) in [6.07, 6.45) is 2.78. The largest absolute Gasteiger partial charge is 0.304 e. The molecule has 0 fully saturated rings. The molecule has 1 aromatic carbocycles. The summed E-state index contributed by atoms with van der Waals surface area (Å²) in [6.45, 7) is 7.48. The van der Waals surface area contributed by atoms with Crippen LogP contribution in [0.15, 0.2) is 18.3 Å². The lowest BCUT2D eigenvalue weighted by atomic mass is 10.3. The SMILES string of the molecule is CCN(CC)CCCSNC(=O)c1cn2c(n1)sc1c(Cl)c(Cl)ccc12. The van der Waals surface area contributed by atoms with Crippen molar-refractivity contribution in [2.45, 2.75) is 20.3 Å². The smallest absolute Gasteiger partial charge is 0.281 e. The Bertz CT molecular complexity index is 920. The van der Waals surface area contributed by atoms with Crippen LogP contribution in [0.2, 0.25) is 10.0 Å². The molecule has 2 heterocycles. The Morgan fingerprint density at radius 3 is 2.85 bits per heavy atom. The van der Waals surface area contributed by atoms with Crippen molar-refractivity contribution in [3.05, 3.63) is 34.1 Å². The fraction of sp³-hybridized carbons (Fsp3) is 0.412. The summed E-state index contributed by atoms with van der Waals surface area (Å²) in [5, 5.41) is 1.04. The number of hydrogen-bond acceptors (Lipinski definition) is 5. The van der Waals surface area contributed by atoms with Gasteiger partial charge in [-0.25, -0.2) is 4.98 Å². The highest BCUT2D eigenvalue weighted by Gasteiger charge is 2.16. The second-order valence-corrected chi connectivity index (χ2v) is 8.41. The van der Waals surface area contributed by atoms with Crippen LogP contribution in [0.3, 0.4) is 0 Å². The average molecular weight is 431 g/mol. The number of benzene rings is 1. The van der Waals surface area contributed by atoms with Gasteiger partial charge in [-0.3, -0.25) is 13.9 Å². The molecule has 5 nitrogen and oxygen atoms in total. The van der Waals surface area contributed by atoms with E-state index >= 15 is 0 Å². The predicted octanol–water partition coefficient (Wildman–Crippen LogP) is 4.97. The van der Waals surface area contributed by atoms with Crippen molar-refractivity contribution >= 4 is 67.6 Å². The molecular weight excluding hydrogens is 411 g/mol. The Kier molecular flexibility index (Phi) is 6.69. The molecule has 1 N–H and O–H groups in total. The van der Waals surface area contributed by atoms with E-state index in [2.05, 4.69) is 28.5 Å². The standard InChI is InChI=1S/C17H20Cl2N4OS2/c1-3-22(4-2)8-5-9-25-21-16(24)12-10-23-13-7-6-11(18)14(19)15(13)26-17(23)20-12/h6-7,10H,3-5,8-9H2,1-2H3,(H,21,24). The lowest BCUT2D eigenvalue weighted by Crippen LogP contribution is -2.25. The normalized spacial score (nSPS) is 11.7. The highest BCUT2D eigenvalue weighted by Crippen LogP contribution is 2.36. The van der Waals surface area contributed by atoms with Crippen molar-refractivity contribution in [3.8, 4) is 0 Å². The van der Waals surface area contributed by atoms with Crippen LogP contribution in [-0.4, -0.2) is 45.6 Å². The monoisotopic (exact) mass is 430 g/mol. The minimum Gasteiger partial charge on any atom is -0.304 e. The molecule has 0 atom stereocenters. The first kappa shape index (κ1) is 19.8. The van der Waals surface area contributed by atoms with Gasteiger partial charge in [0.25, 0.3) is 5.91 Å². The van der Waals surface area contributed by atoms with Crippen LogP contribution in [-0.2, 0) is 0 Å². The molecule has 2 aromatic heterocycles. The Hall–Kier alpha value is -0.990. The summed E-state index contributed by atoms with van der Waals surface area (Å²) in [6, 6.07) is 3.64. The number of fused-ring (bicyclic) bond motifs is 3. The molecule has 26 heavy (non-hydrogen) atoms. The second kappa shape index (κ2) is 8.80. The number of nitrogens with one attached hydrogen (secondary N) is 1. The highest BCUT2D eigenvalue weighted by atomic mass is 35.5. The van der Waals surface area contributed by atoms with Gasteiger partial charge in [0.15, 0.2) is 4.96 Å². The van der Waals surface area contributed by atoms with Gasteiger partial charge in [0.1, 0.15) is 5.69 Å². The second-order valence-electron chi connectivity index (χ2n) is 5.75. The molecule has 0 spiro atoms. The third kappa shape index (κ3) is 4.12. The van der Waals surface area contributed by atoms with E-state index in [1.807, 2.05) is 10.5 Å². The fourth-order valence-corrected chi connectivity index (χ4v) is 4.83. The highest BCUT2D eigenvalue weighted by molar-refractivity contribution is 7.97. The van der Waals surface area contributed by atoms with Gasteiger partial charge in [-0.2, -0.15) is 0 Å². The van der Waals surface area contributed by atoms with E-state index in [1.165, 1.54) is 23.3 Å². The molecule has 0 aliphatic heterocycles. The Morgan fingerprint density at radius 1 is 1.35 bits per heavy atom. The first-order valence-electron chi connectivity index (χ1n) is 8.45. The van der Waals surface area contributed by atoms with Crippen LogP contribution < -0.4 is 4.72 Å². The van der Waals surface area contributed by atoms with Crippen molar-refractivity contribution in [3.63, 3.8) is 0 Å². The number of halogens is 2. The molecule has 0 saturated carbocycles. The third-order valence-corrected chi connectivity index (χ3v) is 7.00. The van der Waals surface area contributed by atoms with Gasteiger partial charge in [-0.1, -0.05) is 60.3 Å². The van der Waals surface area contributed by atoms with Crippen LogP contribution in [0.25, 0.3) is 15.2 Å². The van der Waals surface area contributed by atoms with Crippen molar-refractivity contribution in [2.75, 3.05) is 25.4 Å². The maximum atomic E-state index is 12.3. The number of thiazole rings is 1. The Morgan fingerprint density at radius 2 is 2.12 bits per heavy atom. The first-order chi connectivity index (χ1) is 12.5. The van der Waals surface area contributed by atoms with Gasteiger partial charge in [-0.15, -0.1) is 0 Å². The number of rotatable bonds is 8. The molecule has 3 rings (SSSR count). The number of carbonyl (C=O) groups excluding carboxylic acids is 1. The molecule has 0 bridgehead atoms. The topological polar surface area (TPSA) is 49.6 Å². The van der Waals surface area contributed by atoms with Gasteiger partial charge in [0.2, 0.25) is 0 Å². The van der Waals surface area contributed by atoms with E-state index < -0.39 is 0 Å². The maximum Gasteiger partial charge on any atom is 0.281 e. The summed E-state index contributed by atoms with van der Waals surface area (Å²) < 4.78 is 5.62. The molecule has 0 unspecified atom stereocenters. The number of nitrogens with zero attached hydrogens (tertiary/aromatic N) is 3. The molecular formula is C17H20Cl2N4OS2. The first-order valence-corrected chi connectivity index (χ1v) is 11.0. The predicted molar refractivity (Wildman–Crippen MR) is 113 cm³/mol. The van der Waals surface area contributed by atoms with Gasteiger partial charge in [0, 0.05) is 11.9 Å². The zero-order valence-corrected chi connectivity index (χ0v) is 17.7. The van der Waals surface area contributed by atoms with E-state index in [0.29, 0.717) is 15.7 Å². The van der Waals surface area contributed by atoms with Crippen LogP contribution in [0.5, 0.6) is 0 Å². The van der Waals surface area contributed by atoms with E-state index in [4.69, 9.17) is 23.2 Å². The van der Waals surface area contributed by atoms with E-state index in [0.717, 1.165) is 47.0 Å². The number of carbonyl (C=O) groups is 1. The van der Waals surface area contributed by atoms with Gasteiger partial charge >= 0.3 is 0 Å². The number of aromatic nitrogens is 2. The Labute approximate surface area is 170 Å². The van der Waals surface area contributed by atoms with Crippen molar-refractivity contribution in [1.29, 1.82) is 0 Å². The maximum absolute atomic E-state index is 12.3. The van der Waals surface area contributed by atoms with Crippen LogP contribution in [0.4, 0.5) is 0 Å². The molecule has 9 heteroatoms. The average Bonchev–Trinajstić information content (AvgIpc) is 3.20. The third-order valence-electron chi connectivity index (χ3n) is 4.17. The summed E-state index contributed by atoms with van der Waals surface area (Å²) in [4.78, 5) is 19.8. The van der Waals surface area contributed by atoms with Crippen LogP contribution in [0.1, 0.15) is 30.8 Å². The molecule has 0 aliphatic rings. The van der Waals surface area contributed by atoms with E-state index in [9.17, 15) is 4.79 Å². The number of hydrogen-bond donors (Lipinski definition) is 1. The zero-order valence-electron chi connectivity index (χ0n) is 14.6. The minimum atomic E-state index is -0.179. The lowest BCUT2D eigenvalue weighted by Gasteiger charge is -2.17. The molecule has 0 radical (unpaired) electrons. The van der Waals surface area contributed by atoms with E-state index in [-0.39, 0.29) is 5.91 Å². The van der Waals surface area contributed by atoms with Gasteiger partial charge in [0.05, 0.1) is 20.3 Å². The minimum absolute atomic E-state index is 0.179. The number of amides is 1. The number of imidazole rings is 1. The van der Waals surface area contributed by atoms with Gasteiger partial charge in [-0.05, 0) is 38.2 Å².